The highest BCUT2D eigenvalue weighted by Crippen LogP contribution is 2.13. The molecule has 0 atom stereocenters. The van der Waals surface area contributed by atoms with Gasteiger partial charge in [-0.15, -0.1) is 0 Å². The molecule has 1 rings (SSSR count). The lowest BCUT2D eigenvalue weighted by molar-refractivity contribution is -0.116. The van der Waals surface area contributed by atoms with Crippen LogP contribution in [0.3, 0.4) is 0 Å². The summed E-state index contributed by atoms with van der Waals surface area (Å²) in [4.78, 5) is 11.4. The standard InChI is InChI=1S/C11H16N2O2/c1-12-8-2-3-11(15)13-9-4-6-10(14)7-5-9/h4-7,12,14H,2-3,8H2,1H3,(H,13,15). The van der Waals surface area contributed by atoms with Crippen LogP contribution in [-0.2, 0) is 4.79 Å². The molecule has 0 aliphatic heterocycles. The van der Waals surface area contributed by atoms with Gasteiger partial charge in [-0.1, -0.05) is 0 Å². The third kappa shape index (κ3) is 4.46. The number of hydrogen-bond donors (Lipinski definition) is 3. The third-order valence-corrected chi connectivity index (χ3v) is 1.98. The van der Waals surface area contributed by atoms with Crippen LogP contribution in [0, 0.1) is 0 Å². The number of benzene rings is 1. The summed E-state index contributed by atoms with van der Waals surface area (Å²) in [6.45, 7) is 0.836. The molecule has 0 saturated heterocycles. The van der Waals surface area contributed by atoms with Crippen molar-refractivity contribution in [3.63, 3.8) is 0 Å². The molecule has 1 amide bonds. The second kappa shape index (κ2) is 6.03. The lowest BCUT2D eigenvalue weighted by atomic mass is 10.2. The zero-order valence-electron chi connectivity index (χ0n) is 8.79. The summed E-state index contributed by atoms with van der Waals surface area (Å²) in [5, 5.41) is 14.8. The van der Waals surface area contributed by atoms with Crippen molar-refractivity contribution in [3.8, 4) is 5.75 Å². The summed E-state index contributed by atoms with van der Waals surface area (Å²) in [5.41, 5.74) is 0.710. The summed E-state index contributed by atoms with van der Waals surface area (Å²) >= 11 is 0. The number of aromatic hydroxyl groups is 1. The highest BCUT2D eigenvalue weighted by atomic mass is 16.3. The Balaban J connectivity index is 2.34. The summed E-state index contributed by atoms with van der Waals surface area (Å²) in [7, 11) is 1.86. The van der Waals surface area contributed by atoms with E-state index in [2.05, 4.69) is 10.6 Å². The first kappa shape index (κ1) is 11.5. The van der Waals surface area contributed by atoms with Gasteiger partial charge >= 0.3 is 0 Å². The van der Waals surface area contributed by atoms with Gasteiger partial charge in [0, 0.05) is 12.1 Å². The van der Waals surface area contributed by atoms with Crippen LogP contribution in [0.4, 0.5) is 5.69 Å². The van der Waals surface area contributed by atoms with Crippen LogP contribution in [0.2, 0.25) is 0 Å². The number of phenols is 1. The van der Waals surface area contributed by atoms with Crippen LogP contribution in [0.5, 0.6) is 5.75 Å². The molecule has 3 N–H and O–H groups in total. The average Bonchev–Trinajstić information content (AvgIpc) is 2.22. The van der Waals surface area contributed by atoms with E-state index in [1.165, 1.54) is 0 Å². The van der Waals surface area contributed by atoms with Crippen molar-refractivity contribution in [2.75, 3.05) is 18.9 Å². The molecule has 0 aliphatic carbocycles. The maximum absolute atomic E-state index is 11.4. The molecule has 4 nitrogen and oxygen atoms in total. The minimum absolute atomic E-state index is 0.00376. The Morgan fingerprint density at radius 3 is 2.60 bits per heavy atom. The van der Waals surface area contributed by atoms with E-state index in [1.807, 2.05) is 7.05 Å². The minimum atomic E-state index is -0.00376. The summed E-state index contributed by atoms with van der Waals surface area (Å²) < 4.78 is 0. The van der Waals surface area contributed by atoms with Crippen molar-refractivity contribution < 1.29 is 9.90 Å². The lowest BCUT2D eigenvalue weighted by Gasteiger charge is -2.04. The topological polar surface area (TPSA) is 61.4 Å². The predicted octanol–water partition coefficient (Wildman–Crippen LogP) is 1.33. The van der Waals surface area contributed by atoms with E-state index in [9.17, 15) is 4.79 Å². The fraction of sp³-hybridized carbons (Fsp3) is 0.364. The molecule has 0 radical (unpaired) electrons. The van der Waals surface area contributed by atoms with Crippen LogP contribution < -0.4 is 10.6 Å². The highest BCUT2D eigenvalue weighted by molar-refractivity contribution is 5.90. The molecule has 0 aliphatic rings. The van der Waals surface area contributed by atoms with Gasteiger partial charge in [-0.2, -0.15) is 0 Å². The van der Waals surface area contributed by atoms with Crippen molar-refractivity contribution in [3.05, 3.63) is 24.3 Å². The molecule has 15 heavy (non-hydrogen) atoms. The highest BCUT2D eigenvalue weighted by Gasteiger charge is 2.01. The quantitative estimate of drug-likeness (QED) is 0.505. The number of carbonyl (C=O) groups is 1. The van der Waals surface area contributed by atoms with Crippen LogP contribution >= 0.6 is 0 Å². The normalized spacial score (nSPS) is 9.93. The lowest BCUT2D eigenvalue weighted by Crippen LogP contribution is -2.15. The summed E-state index contributed by atoms with van der Waals surface area (Å²) in [6, 6.07) is 6.43. The van der Waals surface area contributed by atoms with Gasteiger partial charge in [0.05, 0.1) is 0 Å². The first-order valence-corrected chi connectivity index (χ1v) is 4.96. The number of nitrogens with one attached hydrogen (secondary N) is 2. The van der Waals surface area contributed by atoms with E-state index >= 15 is 0 Å². The second-order valence-corrected chi connectivity index (χ2v) is 3.30. The van der Waals surface area contributed by atoms with Crippen molar-refractivity contribution in [1.29, 1.82) is 0 Å². The Morgan fingerprint density at radius 1 is 1.33 bits per heavy atom. The van der Waals surface area contributed by atoms with Crippen LogP contribution in [0.15, 0.2) is 24.3 Å². The molecule has 0 unspecified atom stereocenters. The van der Waals surface area contributed by atoms with E-state index in [4.69, 9.17) is 5.11 Å². The second-order valence-electron chi connectivity index (χ2n) is 3.30. The molecule has 0 fully saturated rings. The van der Waals surface area contributed by atoms with E-state index < -0.39 is 0 Å². The molecule has 82 valence electrons. The first-order valence-electron chi connectivity index (χ1n) is 4.96. The number of phenolic OH excluding ortho intramolecular Hbond substituents is 1. The Hall–Kier alpha value is -1.55. The van der Waals surface area contributed by atoms with E-state index in [-0.39, 0.29) is 11.7 Å². The molecule has 1 aromatic rings. The van der Waals surface area contributed by atoms with E-state index in [0.717, 1.165) is 13.0 Å². The largest absolute Gasteiger partial charge is 0.508 e. The fourth-order valence-corrected chi connectivity index (χ4v) is 1.19. The Morgan fingerprint density at radius 2 is 2.00 bits per heavy atom. The number of carbonyl (C=O) groups excluding carboxylic acids is 1. The zero-order chi connectivity index (χ0) is 11.1. The number of amides is 1. The van der Waals surface area contributed by atoms with Crippen molar-refractivity contribution in [1.82, 2.24) is 5.32 Å². The van der Waals surface area contributed by atoms with Gasteiger partial charge in [0.1, 0.15) is 5.75 Å². The maximum Gasteiger partial charge on any atom is 0.224 e. The predicted molar refractivity (Wildman–Crippen MR) is 59.9 cm³/mol. The molecular formula is C11H16N2O2. The van der Waals surface area contributed by atoms with Gasteiger partial charge in [0.15, 0.2) is 0 Å². The average molecular weight is 208 g/mol. The first-order chi connectivity index (χ1) is 7.22. The summed E-state index contributed by atoms with van der Waals surface area (Å²) in [5.74, 6) is 0.194. The molecule has 1 aromatic carbocycles. The molecule has 0 saturated carbocycles. The number of rotatable bonds is 5. The van der Waals surface area contributed by atoms with Crippen molar-refractivity contribution in [2.24, 2.45) is 0 Å². The van der Waals surface area contributed by atoms with Crippen LogP contribution in [-0.4, -0.2) is 24.6 Å². The van der Waals surface area contributed by atoms with Crippen molar-refractivity contribution >= 4 is 11.6 Å². The molecule has 0 bridgehead atoms. The number of hydrogen-bond acceptors (Lipinski definition) is 3. The Labute approximate surface area is 89.3 Å². The zero-order valence-corrected chi connectivity index (χ0v) is 8.79. The SMILES string of the molecule is CNCCCC(=O)Nc1ccc(O)cc1. The molecule has 0 aromatic heterocycles. The van der Waals surface area contributed by atoms with Gasteiger partial charge in [0.25, 0.3) is 0 Å². The third-order valence-electron chi connectivity index (χ3n) is 1.98. The molecule has 4 heteroatoms. The molecular weight excluding hydrogens is 192 g/mol. The fourth-order valence-electron chi connectivity index (χ4n) is 1.19. The maximum atomic E-state index is 11.4. The van der Waals surface area contributed by atoms with Gasteiger partial charge in [-0.3, -0.25) is 4.79 Å². The van der Waals surface area contributed by atoms with Crippen LogP contribution in [0.1, 0.15) is 12.8 Å². The smallest absolute Gasteiger partial charge is 0.224 e. The van der Waals surface area contributed by atoms with Gasteiger partial charge < -0.3 is 15.7 Å². The van der Waals surface area contributed by atoms with Gasteiger partial charge in [0.2, 0.25) is 5.91 Å². The van der Waals surface area contributed by atoms with Crippen LogP contribution in [0.25, 0.3) is 0 Å². The molecule has 0 heterocycles. The van der Waals surface area contributed by atoms with E-state index in [0.29, 0.717) is 12.1 Å². The molecule has 0 spiro atoms. The minimum Gasteiger partial charge on any atom is -0.508 e. The number of anilines is 1. The van der Waals surface area contributed by atoms with Gasteiger partial charge in [-0.25, -0.2) is 0 Å². The van der Waals surface area contributed by atoms with Gasteiger partial charge in [-0.05, 0) is 44.3 Å². The Bertz CT molecular complexity index is 309. The van der Waals surface area contributed by atoms with E-state index in [1.54, 1.807) is 24.3 Å². The Kier molecular flexibility index (Phi) is 4.63. The van der Waals surface area contributed by atoms with Crippen molar-refractivity contribution in [2.45, 2.75) is 12.8 Å². The monoisotopic (exact) mass is 208 g/mol. The summed E-state index contributed by atoms with van der Waals surface area (Å²) in [6.07, 6.45) is 1.32.